The Bertz CT molecular complexity index is 382. The Kier molecular flexibility index (Phi) is 1.94. The number of para-hydroxylation sites is 1. The van der Waals surface area contributed by atoms with Gasteiger partial charge in [-0.1, -0.05) is 18.2 Å². The zero-order chi connectivity index (χ0) is 9.26. The average molecular weight is 176 g/mol. The third-order valence-electron chi connectivity index (χ3n) is 2.18. The van der Waals surface area contributed by atoms with E-state index in [1.165, 1.54) is 0 Å². The van der Waals surface area contributed by atoms with E-state index in [1.54, 1.807) is 11.8 Å². The standard InChI is InChI=1S/C10H12N2O/c1-13-12-7-8(6-11)9-4-2-3-5-10(9)12/h2-5,7H,6,11H2,1H3. The second kappa shape index (κ2) is 3.11. The molecule has 13 heavy (non-hydrogen) atoms. The Morgan fingerprint density at radius 2 is 2.15 bits per heavy atom. The molecule has 0 spiro atoms. The SMILES string of the molecule is COn1cc(CN)c2ccccc21. The van der Waals surface area contributed by atoms with Crippen molar-refractivity contribution in [1.82, 2.24) is 4.73 Å². The van der Waals surface area contributed by atoms with Gasteiger partial charge in [0.25, 0.3) is 0 Å². The first kappa shape index (κ1) is 8.13. The van der Waals surface area contributed by atoms with Crippen LogP contribution in [0.2, 0.25) is 0 Å². The van der Waals surface area contributed by atoms with Gasteiger partial charge in [-0.2, -0.15) is 4.73 Å². The van der Waals surface area contributed by atoms with E-state index in [-0.39, 0.29) is 0 Å². The van der Waals surface area contributed by atoms with Crippen LogP contribution in [0.1, 0.15) is 5.56 Å². The van der Waals surface area contributed by atoms with Gasteiger partial charge in [-0.3, -0.25) is 0 Å². The van der Waals surface area contributed by atoms with Gasteiger partial charge in [-0.25, -0.2) is 0 Å². The third kappa shape index (κ3) is 1.17. The van der Waals surface area contributed by atoms with Gasteiger partial charge in [0.2, 0.25) is 0 Å². The van der Waals surface area contributed by atoms with Crippen LogP contribution in [0.5, 0.6) is 0 Å². The van der Waals surface area contributed by atoms with Crippen LogP contribution in [-0.4, -0.2) is 11.8 Å². The van der Waals surface area contributed by atoms with Crippen LogP contribution in [0.3, 0.4) is 0 Å². The molecule has 2 rings (SSSR count). The number of hydrogen-bond acceptors (Lipinski definition) is 2. The lowest BCUT2D eigenvalue weighted by atomic mass is 10.2. The molecule has 0 amide bonds. The first-order chi connectivity index (χ1) is 6.36. The molecule has 3 heteroatoms. The van der Waals surface area contributed by atoms with Gasteiger partial charge in [0, 0.05) is 18.1 Å². The van der Waals surface area contributed by atoms with Crippen molar-refractivity contribution >= 4 is 10.9 Å². The maximum Gasteiger partial charge on any atom is 0.104 e. The number of fused-ring (bicyclic) bond motifs is 1. The minimum atomic E-state index is 0.539. The first-order valence-electron chi connectivity index (χ1n) is 4.20. The van der Waals surface area contributed by atoms with E-state index >= 15 is 0 Å². The van der Waals surface area contributed by atoms with E-state index in [1.807, 2.05) is 30.5 Å². The molecule has 0 aliphatic carbocycles. The number of hydrogen-bond donors (Lipinski definition) is 1. The lowest BCUT2D eigenvalue weighted by Gasteiger charge is -2.00. The van der Waals surface area contributed by atoms with Crippen molar-refractivity contribution in [1.29, 1.82) is 0 Å². The Hall–Kier alpha value is -1.48. The van der Waals surface area contributed by atoms with Crippen LogP contribution in [0.15, 0.2) is 30.5 Å². The topological polar surface area (TPSA) is 40.2 Å². The molecule has 2 N–H and O–H groups in total. The van der Waals surface area contributed by atoms with Gasteiger partial charge >= 0.3 is 0 Å². The van der Waals surface area contributed by atoms with Crippen molar-refractivity contribution in [2.24, 2.45) is 5.73 Å². The fraction of sp³-hybridized carbons (Fsp3) is 0.200. The molecule has 3 nitrogen and oxygen atoms in total. The van der Waals surface area contributed by atoms with Crippen LogP contribution in [0.4, 0.5) is 0 Å². The molecule has 0 aliphatic heterocycles. The van der Waals surface area contributed by atoms with Crippen LogP contribution >= 0.6 is 0 Å². The van der Waals surface area contributed by atoms with Gasteiger partial charge in [0.15, 0.2) is 0 Å². The second-order valence-corrected chi connectivity index (χ2v) is 2.88. The molecule has 1 aromatic carbocycles. The maximum absolute atomic E-state index is 5.62. The second-order valence-electron chi connectivity index (χ2n) is 2.88. The number of aromatic nitrogens is 1. The quantitative estimate of drug-likeness (QED) is 0.745. The molecule has 1 heterocycles. The van der Waals surface area contributed by atoms with Crippen LogP contribution in [0.25, 0.3) is 10.9 Å². The predicted octanol–water partition coefficient (Wildman–Crippen LogP) is 1.16. The molecular weight excluding hydrogens is 164 g/mol. The van der Waals surface area contributed by atoms with E-state index in [2.05, 4.69) is 0 Å². The van der Waals surface area contributed by atoms with Crippen molar-refractivity contribution < 1.29 is 4.84 Å². The summed E-state index contributed by atoms with van der Waals surface area (Å²) in [5.74, 6) is 0. The molecule has 1 aromatic heterocycles. The Morgan fingerprint density at radius 1 is 1.38 bits per heavy atom. The van der Waals surface area contributed by atoms with E-state index < -0.39 is 0 Å². The maximum atomic E-state index is 5.62. The van der Waals surface area contributed by atoms with Gasteiger partial charge in [0.1, 0.15) is 7.11 Å². The van der Waals surface area contributed by atoms with Crippen molar-refractivity contribution in [3.05, 3.63) is 36.0 Å². The summed E-state index contributed by atoms with van der Waals surface area (Å²) in [6.45, 7) is 0.539. The van der Waals surface area contributed by atoms with Crippen molar-refractivity contribution in [3.63, 3.8) is 0 Å². The molecule has 0 bridgehead atoms. The highest BCUT2D eigenvalue weighted by Crippen LogP contribution is 2.19. The van der Waals surface area contributed by atoms with Gasteiger partial charge < -0.3 is 10.6 Å². The van der Waals surface area contributed by atoms with Crippen molar-refractivity contribution in [2.45, 2.75) is 6.54 Å². The molecule has 0 unspecified atom stereocenters. The highest BCUT2D eigenvalue weighted by molar-refractivity contribution is 5.83. The predicted molar refractivity (Wildman–Crippen MR) is 52.3 cm³/mol. The zero-order valence-electron chi connectivity index (χ0n) is 7.53. The zero-order valence-corrected chi connectivity index (χ0v) is 7.53. The monoisotopic (exact) mass is 176 g/mol. The summed E-state index contributed by atoms with van der Waals surface area (Å²) in [6.07, 6.45) is 1.92. The summed E-state index contributed by atoms with van der Waals surface area (Å²) in [5, 5.41) is 1.16. The number of benzene rings is 1. The van der Waals surface area contributed by atoms with Gasteiger partial charge in [-0.05, 0) is 11.6 Å². The van der Waals surface area contributed by atoms with E-state index in [9.17, 15) is 0 Å². The molecule has 68 valence electrons. The van der Waals surface area contributed by atoms with E-state index in [0.717, 1.165) is 16.5 Å². The Labute approximate surface area is 76.7 Å². The molecular formula is C10H12N2O. The largest absolute Gasteiger partial charge is 0.417 e. The molecule has 0 saturated carbocycles. The van der Waals surface area contributed by atoms with Crippen molar-refractivity contribution in [2.75, 3.05) is 7.11 Å². The minimum Gasteiger partial charge on any atom is -0.417 e. The molecule has 2 aromatic rings. The number of nitrogens with two attached hydrogens (primary N) is 1. The van der Waals surface area contributed by atoms with Gasteiger partial charge in [-0.15, -0.1) is 0 Å². The summed E-state index contributed by atoms with van der Waals surface area (Å²) < 4.78 is 1.73. The summed E-state index contributed by atoms with van der Waals surface area (Å²) in [6, 6.07) is 8.05. The fourth-order valence-electron chi connectivity index (χ4n) is 1.53. The van der Waals surface area contributed by atoms with Crippen molar-refractivity contribution in [3.8, 4) is 0 Å². The highest BCUT2D eigenvalue weighted by atomic mass is 16.6. The summed E-state index contributed by atoms with van der Waals surface area (Å²) in [4.78, 5) is 5.17. The van der Waals surface area contributed by atoms with Crippen LogP contribution in [-0.2, 0) is 6.54 Å². The smallest absolute Gasteiger partial charge is 0.104 e. The number of nitrogens with zero attached hydrogens (tertiary/aromatic N) is 1. The van der Waals surface area contributed by atoms with Gasteiger partial charge in [0.05, 0.1) is 5.52 Å². The molecule has 0 radical (unpaired) electrons. The summed E-state index contributed by atoms with van der Waals surface area (Å²) in [5.41, 5.74) is 7.78. The molecule has 0 atom stereocenters. The minimum absolute atomic E-state index is 0.539. The lowest BCUT2D eigenvalue weighted by Crippen LogP contribution is -2.03. The average Bonchev–Trinajstić information content (AvgIpc) is 2.56. The highest BCUT2D eigenvalue weighted by Gasteiger charge is 2.05. The summed E-state index contributed by atoms with van der Waals surface area (Å²) >= 11 is 0. The first-order valence-corrected chi connectivity index (χ1v) is 4.20. The third-order valence-corrected chi connectivity index (χ3v) is 2.18. The normalized spacial score (nSPS) is 10.6. The molecule has 0 fully saturated rings. The lowest BCUT2D eigenvalue weighted by molar-refractivity contribution is 0.179. The van der Waals surface area contributed by atoms with Crippen LogP contribution in [0, 0.1) is 0 Å². The van der Waals surface area contributed by atoms with E-state index in [4.69, 9.17) is 10.6 Å². The van der Waals surface area contributed by atoms with E-state index in [0.29, 0.717) is 6.54 Å². The molecule has 0 saturated heterocycles. The van der Waals surface area contributed by atoms with Crippen LogP contribution < -0.4 is 10.6 Å². The fourth-order valence-corrected chi connectivity index (χ4v) is 1.53. The molecule has 0 aliphatic rings. The Balaban J connectivity index is 2.74. The Morgan fingerprint density at radius 3 is 2.85 bits per heavy atom. The summed E-state index contributed by atoms with van der Waals surface area (Å²) in [7, 11) is 1.65. The number of rotatable bonds is 2.